The van der Waals surface area contributed by atoms with Gasteiger partial charge in [0.15, 0.2) is 6.10 Å². The van der Waals surface area contributed by atoms with E-state index < -0.39 is 6.10 Å². The van der Waals surface area contributed by atoms with Crippen LogP contribution in [-0.4, -0.2) is 37.2 Å². The van der Waals surface area contributed by atoms with Gasteiger partial charge in [0.1, 0.15) is 13.2 Å². The molecule has 0 saturated carbocycles. The van der Waals surface area contributed by atoms with Gasteiger partial charge >= 0.3 is 17.9 Å². The number of esters is 3. The Morgan fingerprint density at radius 2 is 0.532 bits per heavy atom. The first-order valence-corrected chi connectivity index (χ1v) is 27.3. The summed E-state index contributed by atoms with van der Waals surface area (Å²) in [6.07, 6.45) is 58.7. The lowest BCUT2D eigenvalue weighted by molar-refractivity contribution is -0.167. The number of allylic oxidation sites excluding steroid dienone is 4. The second-order valence-electron chi connectivity index (χ2n) is 18.5. The van der Waals surface area contributed by atoms with E-state index in [0.29, 0.717) is 19.3 Å². The van der Waals surface area contributed by atoms with Gasteiger partial charge in [-0.3, -0.25) is 14.4 Å². The summed E-state index contributed by atoms with van der Waals surface area (Å²) in [7, 11) is 0. The van der Waals surface area contributed by atoms with Crippen molar-refractivity contribution in [2.24, 2.45) is 0 Å². The number of unbranched alkanes of at least 4 members (excludes halogenated alkanes) is 35. The molecule has 0 aromatic carbocycles. The summed E-state index contributed by atoms with van der Waals surface area (Å²) in [6, 6.07) is 0. The molecule has 0 fully saturated rings. The number of ether oxygens (including phenoxy) is 3. The smallest absolute Gasteiger partial charge is 0.306 e. The van der Waals surface area contributed by atoms with E-state index in [-0.39, 0.29) is 31.1 Å². The Morgan fingerprint density at radius 3 is 0.806 bits per heavy atom. The first kappa shape index (κ1) is 59.9. The normalized spacial score (nSPS) is 12.1. The summed E-state index contributed by atoms with van der Waals surface area (Å²) >= 11 is 0. The van der Waals surface area contributed by atoms with Crippen LogP contribution in [0.25, 0.3) is 0 Å². The van der Waals surface area contributed by atoms with Crippen LogP contribution in [0, 0.1) is 0 Å². The Labute approximate surface area is 385 Å². The number of carbonyl (C=O) groups is 3. The van der Waals surface area contributed by atoms with Crippen LogP contribution in [0.3, 0.4) is 0 Å². The van der Waals surface area contributed by atoms with Gasteiger partial charge in [-0.25, -0.2) is 0 Å². The molecule has 364 valence electrons. The fourth-order valence-electron chi connectivity index (χ4n) is 8.02. The maximum Gasteiger partial charge on any atom is 0.306 e. The molecule has 0 rings (SSSR count). The van der Waals surface area contributed by atoms with Gasteiger partial charge in [0.25, 0.3) is 0 Å². The third-order valence-electron chi connectivity index (χ3n) is 12.2. The van der Waals surface area contributed by atoms with E-state index in [1.165, 1.54) is 186 Å². The second-order valence-corrected chi connectivity index (χ2v) is 18.5. The van der Waals surface area contributed by atoms with E-state index in [9.17, 15) is 14.4 Å². The van der Waals surface area contributed by atoms with Crippen molar-refractivity contribution in [2.45, 2.75) is 303 Å². The average molecular weight is 873 g/mol. The van der Waals surface area contributed by atoms with Gasteiger partial charge in [-0.1, -0.05) is 231 Å². The van der Waals surface area contributed by atoms with Gasteiger partial charge in [-0.2, -0.15) is 0 Å². The molecule has 62 heavy (non-hydrogen) atoms. The van der Waals surface area contributed by atoms with Crippen LogP contribution in [0.5, 0.6) is 0 Å². The van der Waals surface area contributed by atoms with Crippen molar-refractivity contribution in [1.82, 2.24) is 0 Å². The van der Waals surface area contributed by atoms with Gasteiger partial charge in [0.2, 0.25) is 0 Å². The van der Waals surface area contributed by atoms with Crippen molar-refractivity contribution in [2.75, 3.05) is 13.2 Å². The van der Waals surface area contributed by atoms with Crippen LogP contribution in [0.15, 0.2) is 24.3 Å². The molecule has 0 heterocycles. The zero-order valence-electron chi connectivity index (χ0n) is 41.7. The molecule has 0 aromatic rings. The topological polar surface area (TPSA) is 78.9 Å². The molecule has 0 radical (unpaired) electrons. The van der Waals surface area contributed by atoms with Crippen LogP contribution in [0.2, 0.25) is 0 Å². The zero-order chi connectivity index (χ0) is 45.1. The highest BCUT2D eigenvalue weighted by molar-refractivity contribution is 5.71. The van der Waals surface area contributed by atoms with E-state index in [4.69, 9.17) is 14.2 Å². The van der Waals surface area contributed by atoms with E-state index in [1.54, 1.807) is 0 Å². The summed E-state index contributed by atoms with van der Waals surface area (Å²) in [5.74, 6) is -0.874. The molecule has 0 spiro atoms. The standard InChI is InChI=1S/C56H104O6/c1-4-7-10-13-16-19-22-25-28-31-33-36-39-42-45-48-54(57)60-51-53(62-56(59)50-47-44-41-38-35-30-27-24-21-18-15-12-9-6-3)52-61-55(58)49-46-43-40-37-34-32-29-26-23-20-17-14-11-8-5-2/h25-26,28-29,53H,4-24,27,30-52H2,1-3H3. The lowest BCUT2D eigenvalue weighted by Crippen LogP contribution is -2.30. The summed E-state index contributed by atoms with van der Waals surface area (Å²) < 4.78 is 16.8. The molecular formula is C56H104O6. The van der Waals surface area contributed by atoms with Crippen LogP contribution >= 0.6 is 0 Å². The molecule has 0 N–H and O–H groups in total. The first-order chi connectivity index (χ1) is 30.5. The summed E-state index contributed by atoms with van der Waals surface area (Å²) in [4.78, 5) is 38.0. The molecule has 0 amide bonds. The van der Waals surface area contributed by atoms with Gasteiger partial charge in [-0.05, 0) is 70.6 Å². The fourth-order valence-corrected chi connectivity index (χ4v) is 8.02. The monoisotopic (exact) mass is 873 g/mol. The van der Waals surface area contributed by atoms with Crippen molar-refractivity contribution < 1.29 is 28.6 Å². The second kappa shape index (κ2) is 51.5. The fraction of sp³-hybridized carbons (Fsp3) is 0.875. The minimum Gasteiger partial charge on any atom is -0.462 e. The first-order valence-electron chi connectivity index (χ1n) is 27.3. The predicted octanol–water partition coefficient (Wildman–Crippen LogP) is 17.9. The van der Waals surface area contributed by atoms with Gasteiger partial charge in [0, 0.05) is 19.3 Å². The SMILES string of the molecule is CCCCCCCCC=CCCCCCCCC(=O)OCC(COC(=O)CCCCCCCC=CCCCCCCCC)OC(=O)CCCCCCCCCCCCCCCC. The molecule has 0 saturated heterocycles. The largest absolute Gasteiger partial charge is 0.462 e. The Kier molecular flexibility index (Phi) is 49.8. The van der Waals surface area contributed by atoms with E-state index in [0.717, 1.165) is 70.6 Å². The molecular weight excluding hydrogens is 769 g/mol. The molecule has 0 atom stereocenters. The predicted molar refractivity (Wildman–Crippen MR) is 266 cm³/mol. The maximum atomic E-state index is 12.8. The number of hydrogen-bond donors (Lipinski definition) is 0. The van der Waals surface area contributed by atoms with Crippen molar-refractivity contribution in [3.05, 3.63) is 24.3 Å². The lowest BCUT2D eigenvalue weighted by atomic mass is 10.0. The van der Waals surface area contributed by atoms with Gasteiger partial charge in [-0.15, -0.1) is 0 Å². The number of hydrogen-bond acceptors (Lipinski definition) is 6. The highest BCUT2D eigenvalue weighted by atomic mass is 16.6. The van der Waals surface area contributed by atoms with Crippen molar-refractivity contribution in [3.63, 3.8) is 0 Å². The molecule has 0 bridgehead atoms. The Balaban J connectivity index is 4.36. The summed E-state index contributed by atoms with van der Waals surface area (Å²) in [5.41, 5.74) is 0. The highest BCUT2D eigenvalue weighted by Crippen LogP contribution is 2.16. The van der Waals surface area contributed by atoms with Crippen LogP contribution in [0.1, 0.15) is 297 Å². The number of rotatable bonds is 50. The Hall–Kier alpha value is -2.11. The highest BCUT2D eigenvalue weighted by Gasteiger charge is 2.19. The quantitative estimate of drug-likeness (QED) is 0.0262. The van der Waals surface area contributed by atoms with E-state index in [2.05, 4.69) is 45.1 Å². The molecule has 0 unspecified atom stereocenters. The number of carbonyl (C=O) groups excluding carboxylic acids is 3. The van der Waals surface area contributed by atoms with Crippen LogP contribution in [-0.2, 0) is 28.6 Å². The van der Waals surface area contributed by atoms with Crippen molar-refractivity contribution in [1.29, 1.82) is 0 Å². The molecule has 0 aliphatic carbocycles. The van der Waals surface area contributed by atoms with Gasteiger partial charge < -0.3 is 14.2 Å². The third kappa shape index (κ3) is 48.9. The molecule has 6 heteroatoms. The van der Waals surface area contributed by atoms with E-state index >= 15 is 0 Å². The maximum absolute atomic E-state index is 12.8. The third-order valence-corrected chi connectivity index (χ3v) is 12.2. The molecule has 0 aliphatic heterocycles. The summed E-state index contributed by atoms with van der Waals surface area (Å²) in [6.45, 7) is 6.65. The van der Waals surface area contributed by atoms with Gasteiger partial charge in [0.05, 0.1) is 0 Å². The summed E-state index contributed by atoms with van der Waals surface area (Å²) in [5, 5.41) is 0. The molecule has 0 aliphatic rings. The van der Waals surface area contributed by atoms with Crippen LogP contribution in [0.4, 0.5) is 0 Å². The molecule has 0 aromatic heterocycles. The average Bonchev–Trinajstić information content (AvgIpc) is 3.27. The van der Waals surface area contributed by atoms with Crippen molar-refractivity contribution in [3.8, 4) is 0 Å². The molecule has 6 nitrogen and oxygen atoms in total. The van der Waals surface area contributed by atoms with Crippen LogP contribution < -0.4 is 0 Å². The van der Waals surface area contributed by atoms with Crippen molar-refractivity contribution >= 4 is 17.9 Å². The minimum atomic E-state index is -0.773. The van der Waals surface area contributed by atoms with E-state index in [1.807, 2.05) is 0 Å². The Bertz CT molecular complexity index is 948. The Morgan fingerprint density at radius 1 is 0.306 bits per heavy atom. The lowest BCUT2D eigenvalue weighted by Gasteiger charge is -2.18. The zero-order valence-corrected chi connectivity index (χ0v) is 41.7. The minimum absolute atomic E-state index is 0.0743.